The average molecular weight is 474 g/mol. The van der Waals surface area contributed by atoms with Gasteiger partial charge in [-0.05, 0) is 76.0 Å². The third kappa shape index (κ3) is 4.61. The average Bonchev–Trinajstić information content (AvgIpc) is 3.45. The van der Waals surface area contributed by atoms with Crippen LogP contribution >= 0.6 is 11.6 Å². The summed E-state index contributed by atoms with van der Waals surface area (Å²) in [5.74, 6) is 0.513. The highest BCUT2D eigenvalue weighted by Crippen LogP contribution is 2.44. The fraction of sp³-hybridized carbons (Fsp3) is 0.692. The molecule has 6 nitrogen and oxygen atoms in total. The van der Waals surface area contributed by atoms with Gasteiger partial charge in [0, 0.05) is 37.3 Å². The molecule has 1 spiro atoms. The van der Waals surface area contributed by atoms with Gasteiger partial charge in [0.25, 0.3) is 0 Å². The zero-order chi connectivity index (χ0) is 23.0. The van der Waals surface area contributed by atoms with E-state index in [0.29, 0.717) is 17.5 Å². The van der Waals surface area contributed by atoms with E-state index < -0.39 is 0 Å². The molecule has 7 heteroatoms. The van der Waals surface area contributed by atoms with Crippen LogP contribution in [0.5, 0.6) is 0 Å². The quantitative estimate of drug-likeness (QED) is 0.670. The van der Waals surface area contributed by atoms with E-state index in [1.807, 2.05) is 18.2 Å². The van der Waals surface area contributed by atoms with Crippen LogP contribution in [0.25, 0.3) is 0 Å². The lowest BCUT2D eigenvalue weighted by Crippen LogP contribution is -2.50. The molecule has 1 aromatic rings. The van der Waals surface area contributed by atoms with Gasteiger partial charge in [0.05, 0.1) is 22.2 Å². The topological polar surface area (TPSA) is 72.9 Å². The lowest BCUT2D eigenvalue weighted by molar-refractivity contribution is -0.139. The minimum atomic E-state index is -0.326. The molecule has 0 bridgehead atoms. The van der Waals surface area contributed by atoms with Crippen LogP contribution in [-0.4, -0.2) is 53.6 Å². The molecule has 4 aliphatic rings. The predicted molar refractivity (Wildman–Crippen MR) is 131 cm³/mol. The number of hydrogen-bond donors (Lipinski definition) is 2. The Morgan fingerprint density at radius 2 is 1.79 bits per heavy atom. The van der Waals surface area contributed by atoms with Crippen LogP contribution < -0.4 is 10.2 Å². The Morgan fingerprint density at radius 1 is 1.03 bits per heavy atom. The first-order chi connectivity index (χ1) is 15.9. The van der Waals surface area contributed by atoms with Crippen molar-refractivity contribution < 1.29 is 14.7 Å². The van der Waals surface area contributed by atoms with E-state index in [0.717, 1.165) is 95.1 Å². The maximum Gasteiger partial charge on any atom is 0.230 e. The first-order valence-electron chi connectivity index (χ1n) is 12.8. The van der Waals surface area contributed by atoms with Gasteiger partial charge in [-0.1, -0.05) is 24.4 Å². The lowest BCUT2D eigenvalue weighted by Gasteiger charge is -2.41. The fourth-order valence-corrected chi connectivity index (χ4v) is 6.86. The molecular formula is C26H36ClN3O3. The molecule has 1 atom stereocenters. The Labute approximate surface area is 201 Å². The molecule has 2 aliphatic heterocycles. The number of aliphatic hydroxyl groups excluding tert-OH is 1. The number of halogens is 1. The summed E-state index contributed by atoms with van der Waals surface area (Å²) in [6, 6.07) is 6.06. The lowest BCUT2D eigenvalue weighted by atomic mass is 9.78. The third-order valence-corrected chi connectivity index (χ3v) is 8.81. The van der Waals surface area contributed by atoms with Crippen molar-refractivity contribution in [2.24, 2.45) is 11.3 Å². The van der Waals surface area contributed by atoms with E-state index in [-0.39, 0.29) is 29.4 Å². The van der Waals surface area contributed by atoms with Gasteiger partial charge in [-0.2, -0.15) is 0 Å². The van der Waals surface area contributed by atoms with Crippen LogP contribution in [0.1, 0.15) is 70.6 Å². The molecule has 2 amide bonds. The van der Waals surface area contributed by atoms with Crippen LogP contribution in [0.2, 0.25) is 5.02 Å². The number of nitrogens with zero attached hydrogens (tertiary/aromatic N) is 2. The maximum absolute atomic E-state index is 13.6. The molecule has 0 radical (unpaired) electrons. The smallest absolute Gasteiger partial charge is 0.230 e. The molecule has 2 heterocycles. The molecule has 0 unspecified atom stereocenters. The van der Waals surface area contributed by atoms with Crippen LogP contribution in [0.3, 0.4) is 0 Å². The Hall–Kier alpha value is -1.79. The zero-order valence-electron chi connectivity index (χ0n) is 19.4. The maximum atomic E-state index is 13.6. The number of carbonyl (C=O) groups is 2. The Balaban J connectivity index is 1.26. The number of piperidine rings is 1. The molecule has 180 valence electrons. The highest BCUT2D eigenvalue weighted by atomic mass is 35.5. The van der Waals surface area contributed by atoms with Crippen molar-refractivity contribution in [1.82, 2.24) is 4.90 Å². The van der Waals surface area contributed by atoms with Crippen molar-refractivity contribution in [3.63, 3.8) is 0 Å². The number of likely N-dealkylation sites (tertiary alicyclic amines) is 1. The summed E-state index contributed by atoms with van der Waals surface area (Å²) in [6.45, 7) is 2.41. The number of carbonyl (C=O) groups excluding carboxylic acids is 2. The first kappa shape index (κ1) is 23.0. The minimum Gasteiger partial charge on any atom is -0.393 e. The van der Waals surface area contributed by atoms with E-state index in [9.17, 15) is 14.7 Å². The van der Waals surface area contributed by atoms with Crippen molar-refractivity contribution in [2.75, 3.05) is 29.9 Å². The molecular weight excluding hydrogens is 438 g/mol. The van der Waals surface area contributed by atoms with Crippen LogP contribution in [0.15, 0.2) is 18.2 Å². The van der Waals surface area contributed by atoms with E-state index in [1.165, 1.54) is 0 Å². The van der Waals surface area contributed by atoms with E-state index in [1.54, 1.807) is 0 Å². The second-order valence-corrected chi connectivity index (χ2v) is 11.1. The number of nitrogens with one attached hydrogen (secondary N) is 1. The van der Waals surface area contributed by atoms with Crippen molar-refractivity contribution >= 4 is 34.8 Å². The molecule has 5 rings (SSSR count). The molecule has 2 saturated carbocycles. The molecule has 2 N–H and O–H groups in total. The largest absolute Gasteiger partial charge is 0.393 e. The summed E-state index contributed by atoms with van der Waals surface area (Å²) in [6.07, 6.45) is 10.2. The number of anilines is 2. The van der Waals surface area contributed by atoms with Crippen LogP contribution in [0, 0.1) is 11.3 Å². The number of aliphatic hydroxyl groups is 1. The molecule has 4 fully saturated rings. The number of hydrogen-bond acceptors (Lipinski definition) is 4. The van der Waals surface area contributed by atoms with E-state index in [2.05, 4.69) is 15.1 Å². The third-order valence-electron chi connectivity index (χ3n) is 8.51. The summed E-state index contributed by atoms with van der Waals surface area (Å²) in [4.78, 5) is 30.4. The number of amides is 2. The molecule has 0 aromatic heterocycles. The Kier molecular flexibility index (Phi) is 6.58. The zero-order valence-corrected chi connectivity index (χ0v) is 20.2. The number of benzene rings is 1. The highest BCUT2D eigenvalue weighted by molar-refractivity contribution is 6.33. The van der Waals surface area contributed by atoms with Crippen LogP contribution in [-0.2, 0) is 9.59 Å². The SMILES string of the molecule is O=C(Nc1ccc(N2CCC[C@@]3(CCN([C@H]4CC[C@H](O)CC4)C3=O)C2)c(Cl)c1)C1CCCC1. The normalized spacial score (nSPS) is 30.9. The van der Waals surface area contributed by atoms with Gasteiger partial charge >= 0.3 is 0 Å². The summed E-state index contributed by atoms with van der Waals surface area (Å²) >= 11 is 6.69. The van der Waals surface area contributed by atoms with E-state index in [4.69, 9.17) is 11.6 Å². The van der Waals surface area contributed by atoms with Crippen molar-refractivity contribution in [2.45, 2.75) is 82.8 Å². The fourth-order valence-electron chi connectivity index (χ4n) is 6.56. The van der Waals surface area contributed by atoms with Gasteiger partial charge in [-0.25, -0.2) is 0 Å². The summed E-state index contributed by atoms with van der Waals surface area (Å²) < 4.78 is 0. The first-order valence-corrected chi connectivity index (χ1v) is 13.2. The van der Waals surface area contributed by atoms with Crippen molar-refractivity contribution in [3.8, 4) is 0 Å². The van der Waals surface area contributed by atoms with E-state index >= 15 is 0 Å². The summed E-state index contributed by atoms with van der Waals surface area (Å²) in [7, 11) is 0. The van der Waals surface area contributed by atoms with Gasteiger partial charge < -0.3 is 20.2 Å². The van der Waals surface area contributed by atoms with Gasteiger partial charge in [0.1, 0.15) is 0 Å². The molecule has 2 aliphatic carbocycles. The summed E-state index contributed by atoms with van der Waals surface area (Å²) in [5.41, 5.74) is 1.36. The van der Waals surface area contributed by atoms with Crippen molar-refractivity contribution in [1.29, 1.82) is 0 Å². The second-order valence-electron chi connectivity index (χ2n) is 10.7. The monoisotopic (exact) mass is 473 g/mol. The van der Waals surface area contributed by atoms with Crippen molar-refractivity contribution in [3.05, 3.63) is 23.2 Å². The minimum absolute atomic E-state index is 0.0973. The summed E-state index contributed by atoms with van der Waals surface area (Å²) in [5, 5.41) is 13.5. The Morgan fingerprint density at radius 3 is 2.52 bits per heavy atom. The predicted octanol–water partition coefficient (Wildman–Crippen LogP) is 4.59. The second kappa shape index (κ2) is 9.46. The van der Waals surface area contributed by atoms with Gasteiger partial charge in [-0.3, -0.25) is 9.59 Å². The molecule has 33 heavy (non-hydrogen) atoms. The molecule has 2 saturated heterocycles. The van der Waals surface area contributed by atoms with Gasteiger partial charge in [0.15, 0.2) is 0 Å². The number of rotatable bonds is 4. The molecule has 1 aromatic carbocycles. The Bertz CT molecular complexity index is 895. The van der Waals surface area contributed by atoms with Gasteiger partial charge in [-0.15, -0.1) is 0 Å². The standard InChI is InChI=1S/C26H36ClN3O3/c27-22-16-19(28-24(32)18-4-1-2-5-18)6-11-23(22)29-14-3-12-26(17-29)13-15-30(25(26)33)20-7-9-21(31)10-8-20/h6,11,16,18,20-21,31H,1-5,7-10,12-15,17H2,(H,28,32)/t20-,21-,26-/m1/s1. The van der Waals surface area contributed by atoms with Crippen LogP contribution in [0.4, 0.5) is 11.4 Å². The van der Waals surface area contributed by atoms with Gasteiger partial charge in [0.2, 0.25) is 11.8 Å². The highest BCUT2D eigenvalue weighted by Gasteiger charge is 2.50.